The second-order valence-corrected chi connectivity index (χ2v) is 8.76. The molecule has 4 aromatic rings. The van der Waals surface area contributed by atoms with Crippen LogP contribution in [-0.2, 0) is 17.4 Å². The third-order valence-corrected chi connectivity index (χ3v) is 6.93. The van der Waals surface area contributed by atoms with Crippen LogP contribution in [0.1, 0.15) is 5.56 Å². The van der Waals surface area contributed by atoms with Gasteiger partial charge in [0.1, 0.15) is 5.82 Å². The first-order chi connectivity index (χ1) is 14.6. The molecule has 152 valence electrons. The highest BCUT2D eigenvalue weighted by Gasteiger charge is 2.30. The number of H-pyrrole nitrogens is 1. The summed E-state index contributed by atoms with van der Waals surface area (Å²) in [7, 11) is -1.46. The highest BCUT2D eigenvalue weighted by Crippen LogP contribution is 2.33. The van der Waals surface area contributed by atoms with E-state index >= 15 is 0 Å². The van der Waals surface area contributed by atoms with Crippen LogP contribution >= 0.6 is 11.6 Å². The maximum absolute atomic E-state index is 13.5. The number of nitrogens with one attached hydrogen (secondary N) is 2. The maximum atomic E-state index is 13.5. The Kier molecular flexibility index (Phi) is 4.76. The molecule has 0 saturated heterocycles. The lowest BCUT2D eigenvalue weighted by molar-refractivity contribution is 0.656. The van der Waals surface area contributed by atoms with E-state index in [0.29, 0.717) is 27.9 Å². The highest BCUT2D eigenvalue weighted by atomic mass is 35.5. The zero-order valence-electron chi connectivity index (χ0n) is 15.7. The lowest BCUT2D eigenvalue weighted by Crippen LogP contribution is -2.43. The zero-order valence-corrected chi connectivity index (χ0v) is 17.3. The first-order valence-corrected chi connectivity index (χ1v) is 10.8. The third kappa shape index (κ3) is 3.35. The van der Waals surface area contributed by atoms with E-state index in [-0.39, 0.29) is 12.0 Å². The number of aromatic nitrogens is 4. The Balaban J connectivity index is 1.51. The van der Waals surface area contributed by atoms with E-state index in [4.69, 9.17) is 17.3 Å². The minimum atomic E-state index is -1.46. The molecule has 0 fully saturated rings. The molecule has 1 aliphatic heterocycles. The summed E-state index contributed by atoms with van der Waals surface area (Å²) in [5.41, 5.74) is 8.44. The molecule has 2 atom stereocenters. The van der Waals surface area contributed by atoms with Crippen LogP contribution in [0.2, 0.25) is 5.02 Å². The number of halogens is 1. The minimum absolute atomic E-state index is 0.0567. The molecule has 2 unspecified atom stereocenters. The predicted molar refractivity (Wildman–Crippen MR) is 119 cm³/mol. The van der Waals surface area contributed by atoms with E-state index < -0.39 is 11.0 Å². The van der Waals surface area contributed by atoms with Gasteiger partial charge in [-0.1, -0.05) is 41.9 Å². The monoisotopic (exact) mass is 439 g/mol. The average molecular weight is 440 g/mol. The summed E-state index contributed by atoms with van der Waals surface area (Å²) in [6.07, 6.45) is 2.41. The predicted octanol–water partition coefficient (Wildman–Crippen LogP) is 3.15. The van der Waals surface area contributed by atoms with Crippen LogP contribution in [0, 0.1) is 0 Å². The molecule has 30 heavy (non-hydrogen) atoms. The topological polar surface area (TPSA) is 113 Å². The van der Waals surface area contributed by atoms with Gasteiger partial charge in [-0.2, -0.15) is 15.1 Å². The fourth-order valence-corrected chi connectivity index (χ4v) is 5.34. The Labute approximate surface area is 180 Å². The van der Waals surface area contributed by atoms with Crippen LogP contribution in [0.4, 0.5) is 17.5 Å². The van der Waals surface area contributed by atoms with Crippen molar-refractivity contribution in [3.05, 3.63) is 65.3 Å². The van der Waals surface area contributed by atoms with Crippen LogP contribution in [0.3, 0.4) is 0 Å². The molecule has 8 nitrogen and oxygen atoms in total. The van der Waals surface area contributed by atoms with Crippen molar-refractivity contribution >= 4 is 51.1 Å². The summed E-state index contributed by atoms with van der Waals surface area (Å²) in [5, 5.41) is 11.5. The van der Waals surface area contributed by atoms with Crippen LogP contribution in [0.25, 0.3) is 11.0 Å². The number of fused-ring (bicyclic) bond motifs is 2. The fraction of sp³-hybridized carbons (Fsp3) is 0.150. The molecule has 1 aliphatic rings. The SMILES string of the molecule is Nc1nc(NC2Cc3ccccc3N(S(=O)c3ccccc3Cl)C2)c2cn[nH]c2n1. The standard InChI is InChI=1S/C20H18ClN7OS/c21-15-6-2-4-8-17(15)30(29)28-11-13(9-12-5-1-3-7-16(12)28)24-18-14-10-23-27-19(14)26-20(22)25-18/h1-8,10,13H,9,11H2,(H4,22,23,24,25,26,27). The second kappa shape index (κ2) is 7.58. The largest absolute Gasteiger partial charge is 0.368 e. The number of benzene rings is 2. The quantitative estimate of drug-likeness (QED) is 0.450. The van der Waals surface area contributed by atoms with Crippen LogP contribution in [-0.4, -0.2) is 37.0 Å². The molecule has 0 spiro atoms. The Morgan fingerprint density at radius 2 is 1.97 bits per heavy atom. The number of hydrogen-bond acceptors (Lipinski definition) is 6. The van der Waals surface area contributed by atoms with E-state index in [0.717, 1.165) is 23.1 Å². The van der Waals surface area contributed by atoms with Gasteiger partial charge in [0.15, 0.2) is 16.6 Å². The van der Waals surface area contributed by atoms with Crippen molar-refractivity contribution in [3.63, 3.8) is 0 Å². The number of aromatic amines is 1. The van der Waals surface area contributed by atoms with E-state index in [1.165, 1.54) is 0 Å². The molecule has 0 saturated carbocycles. The summed E-state index contributed by atoms with van der Waals surface area (Å²) in [5.74, 6) is 0.751. The van der Waals surface area contributed by atoms with Gasteiger partial charge in [-0.25, -0.2) is 4.21 Å². The Bertz CT molecular complexity index is 1260. The first-order valence-electron chi connectivity index (χ1n) is 9.35. The van der Waals surface area contributed by atoms with E-state index in [9.17, 15) is 4.21 Å². The van der Waals surface area contributed by atoms with Gasteiger partial charge in [-0.15, -0.1) is 0 Å². The minimum Gasteiger partial charge on any atom is -0.368 e. The van der Waals surface area contributed by atoms with Crippen LogP contribution in [0.15, 0.2) is 59.6 Å². The lowest BCUT2D eigenvalue weighted by atomic mass is 9.99. The molecular formula is C20H18ClN7OS. The van der Waals surface area contributed by atoms with E-state index in [1.807, 2.05) is 40.7 Å². The Hall–Kier alpha value is -3.17. The summed E-state index contributed by atoms with van der Waals surface area (Å²) in [6.45, 7) is 0.498. The number of nitrogens with two attached hydrogens (primary N) is 1. The van der Waals surface area contributed by atoms with Gasteiger partial charge < -0.3 is 11.1 Å². The smallest absolute Gasteiger partial charge is 0.224 e. The van der Waals surface area contributed by atoms with Crippen molar-refractivity contribution < 1.29 is 4.21 Å². The van der Waals surface area contributed by atoms with Gasteiger partial charge in [-0.3, -0.25) is 9.40 Å². The van der Waals surface area contributed by atoms with Gasteiger partial charge in [0.05, 0.1) is 39.8 Å². The molecule has 0 amide bonds. The Morgan fingerprint density at radius 1 is 1.17 bits per heavy atom. The fourth-order valence-electron chi connectivity index (χ4n) is 3.67. The number of nitrogen functional groups attached to an aromatic ring is 1. The van der Waals surface area contributed by atoms with Gasteiger partial charge in [0, 0.05) is 0 Å². The first kappa shape index (κ1) is 18.8. The van der Waals surface area contributed by atoms with Crippen molar-refractivity contribution in [3.8, 4) is 0 Å². The third-order valence-electron chi connectivity index (χ3n) is 5.01. The molecular weight excluding hydrogens is 422 g/mol. The van der Waals surface area contributed by atoms with Gasteiger partial charge in [-0.05, 0) is 30.2 Å². The number of para-hydroxylation sites is 1. The van der Waals surface area contributed by atoms with Crippen molar-refractivity contribution in [1.29, 1.82) is 0 Å². The summed E-state index contributed by atoms with van der Waals surface area (Å²) in [4.78, 5) is 9.08. The summed E-state index contributed by atoms with van der Waals surface area (Å²) >= 11 is 6.33. The van der Waals surface area contributed by atoms with Crippen molar-refractivity contribution in [2.45, 2.75) is 17.4 Å². The molecule has 3 heterocycles. The molecule has 2 aromatic heterocycles. The molecule has 4 N–H and O–H groups in total. The number of rotatable bonds is 4. The summed E-state index contributed by atoms with van der Waals surface area (Å²) < 4.78 is 15.3. The molecule has 0 bridgehead atoms. The lowest BCUT2D eigenvalue weighted by Gasteiger charge is -2.35. The highest BCUT2D eigenvalue weighted by molar-refractivity contribution is 7.86. The molecule has 5 rings (SSSR count). The van der Waals surface area contributed by atoms with Crippen LogP contribution < -0.4 is 15.4 Å². The van der Waals surface area contributed by atoms with Crippen LogP contribution in [0.5, 0.6) is 0 Å². The molecule has 0 aliphatic carbocycles. The second-order valence-electron chi connectivity index (χ2n) is 6.98. The van der Waals surface area contributed by atoms with Gasteiger partial charge in [0.25, 0.3) is 0 Å². The van der Waals surface area contributed by atoms with E-state index in [1.54, 1.807) is 18.3 Å². The van der Waals surface area contributed by atoms with Crippen molar-refractivity contribution in [1.82, 2.24) is 20.2 Å². The molecule has 2 aromatic carbocycles. The van der Waals surface area contributed by atoms with Gasteiger partial charge >= 0.3 is 0 Å². The maximum Gasteiger partial charge on any atom is 0.224 e. The molecule has 10 heteroatoms. The van der Waals surface area contributed by atoms with E-state index in [2.05, 4.69) is 25.5 Å². The average Bonchev–Trinajstić information content (AvgIpc) is 3.22. The zero-order chi connectivity index (χ0) is 20.7. The van der Waals surface area contributed by atoms with Crippen molar-refractivity contribution in [2.24, 2.45) is 0 Å². The van der Waals surface area contributed by atoms with Gasteiger partial charge in [0.2, 0.25) is 5.95 Å². The number of anilines is 3. The number of hydrogen-bond donors (Lipinski definition) is 3. The number of nitrogens with zero attached hydrogens (tertiary/aromatic N) is 4. The Morgan fingerprint density at radius 3 is 2.83 bits per heavy atom. The molecule has 0 radical (unpaired) electrons. The summed E-state index contributed by atoms with van der Waals surface area (Å²) in [6, 6.07) is 15.1. The van der Waals surface area contributed by atoms with Crippen molar-refractivity contribution in [2.75, 3.05) is 21.9 Å². The normalized spacial score (nSPS) is 17.0.